The second-order valence-electron chi connectivity index (χ2n) is 15.0. The number of carbonyl (C=O) groups is 2. The molecule has 1 fully saturated rings. The number of nitrogens with zero attached hydrogens (tertiary/aromatic N) is 2. The van der Waals surface area contributed by atoms with E-state index < -0.39 is 9.04 Å². The Labute approximate surface area is 310 Å². The van der Waals surface area contributed by atoms with Gasteiger partial charge in [-0.15, -0.1) is 11.3 Å². The molecular weight excluding hydrogens is 694 g/mol. The van der Waals surface area contributed by atoms with Gasteiger partial charge in [0.15, 0.2) is 5.01 Å². The lowest BCUT2D eigenvalue weighted by atomic mass is 9.72. The number of H-pyrrole nitrogens is 1. The highest BCUT2D eigenvalue weighted by Crippen LogP contribution is 2.38. The molecule has 265 valence electrons. The second kappa shape index (κ2) is 15.0. The van der Waals surface area contributed by atoms with Crippen LogP contribution >= 0.6 is 22.9 Å². The van der Waals surface area contributed by atoms with Gasteiger partial charge in [-0.05, 0) is 72.3 Å². The first kappa shape index (κ1) is 35.6. The summed E-state index contributed by atoms with van der Waals surface area (Å²) in [7, 11) is 0.508. The van der Waals surface area contributed by atoms with Crippen molar-refractivity contribution in [3.8, 4) is 0 Å². The molecule has 4 unspecified atom stereocenters. The predicted molar refractivity (Wildman–Crippen MR) is 208 cm³/mol. The number of nitrogens with one attached hydrogen (secondary N) is 3. The molecule has 1 saturated carbocycles. The topological polar surface area (TPSA) is 99.3 Å². The number of halogens is 1. The Morgan fingerprint density at radius 2 is 1.65 bits per heavy atom. The van der Waals surface area contributed by atoms with Crippen molar-refractivity contribution in [2.24, 2.45) is 11.3 Å². The van der Waals surface area contributed by atoms with Crippen LogP contribution in [0.15, 0.2) is 84.9 Å². The van der Waals surface area contributed by atoms with Crippen LogP contribution in [-0.4, -0.2) is 67.5 Å². The molecule has 5 aromatic rings. The number of hydrogen-bond donors (Lipinski definition) is 3. The molecule has 2 aromatic heterocycles. The van der Waals surface area contributed by atoms with E-state index in [-0.39, 0.29) is 41.3 Å². The standard InChI is InChI=1S/C40H45ClN5O3SSi/c1-40(2,3)36(49-51(28-11-7-5-8-12-28)29-13-9-6-10-14-29)25-15-17-31(43-37(47)34-23-26-21-27(41)16-18-30(26)42-34)33(22-25)44-38(48)39-45-32-19-20-46(4)24-35(32)50-39/h5-14,16,18,21,23,25,31,33,36,42H,15,17,19-20,22,24H2,1-4H3,(H,43,47)(H,44,48). The normalized spacial score (nSPS) is 20.2. The number of aromatic amines is 1. The maximum atomic E-state index is 13.9. The minimum absolute atomic E-state index is 0.0935. The van der Waals surface area contributed by atoms with Crippen LogP contribution in [-0.2, 0) is 17.4 Å². The Hall–Kier alpha value is -3.80. The van der Waals surface area contributed by atoms with E-state index in [1.807, 2.05) is 30.3 Å². The fourth-order valence-electron chi connectivity index (χ4n) is 7.52. The highest BCUT2D eigenvalue weighted by atomic mass is 35.5. The van der Waals surface area contributed by atoms with E-state index >= 15 is 0 Å². The van der Waals surface area contributed by atoms with E-state index in [1.54, 1.807) is 6.07 Å². The van der Waals surface area contributed by atoms with Gasteiger partial charge in [0.25, 0.3) is 20.9 Å². The lowest BCUT2D eigenvalue weighted by Gasteiger charge is -2.45. The Morgan fingerprint density at radius 1 is 0.961 bits per heavy atom. The SMILES string of the molecule is CN1CCc2nc(C(=O)NC3CC(C(O[Si](c4ccccc4)c4ccccc4)C(C)(C)C)CCC3NC(=O)c3cc4cc(Cl)ccc4[nH]3)sc2C1. The quantitative estimate of drug-likeness (QED) is 0.157. The van der Waals surface area contributed by atoms with Gasteiger partial charge in [-0.25, -0.2) is 4.98 Å². The molecule has 1 aliphatic carbocycles. The number of thiazole rings is 1. The van der Waals surface area contributed by atoms with E-state index in [9.17, 15) is 9.59 Å². The first-order valence-electron chi connectivity index (χ1n) is 17.7. The van der Waals surface area contributed by atoms with Gasteiger partial charge in [-0.3, -0.25) is 9.59 Å². The molecule has 1 radical (unpaired) electrons. The molecule has 7 rings (SSSR count). The van der Waals surface area contributed by atoms with Crippen LogP contribution in [0.2, 0.25) is 5.02 Å². The van der Waals surface area contributed by atoms with Crippen molar-refractivity contribution in [3.63, 3.8) is 0 Å². The molecule has 0 bridgehead atoms. The maximum absolute atomic E-state index is 13.9. The third-order valence-corrected chi connectivity index (χ3v) is 13.6. The number of carbonyl (C=O) groups excluding carboxylic acids is 2. The van der Waals surface area contributed by atoms with Crippen molar-refractivity contribution < 1.29 is 14.0 Å². The second-order valence-corrected chi connectivity index (χ2v) is 18.6. The molecule has 1 aliphatic heterocycles. The Kier molecular flexibility index (Phi) is 10.5. The average Bonchev–Trinajstić information content (AvgIpc) is 3.74. The van der Waals surface area contributed by atoms with Gasteiger partial charge >= 0.3 is 0 Å². The first-order chi connectivity index (χ1) is 24.5. The van der Waals surface area contributed by atoms with Crippen LogP contribution in [0, 0.1) is 11.3 Å². The lowest BCUT2D eigenvalue weighted by Crippen LogP contribution is -2.58. The highest BCUT2D eigenvalue weighted by molar-refractivity contribution is 7.13. The van der Waals surface area contributed by atoms with E-state index in [0.717, 1.165) is 47.4 Å². The molecule has 0 saturated heterocycles. The van der Waals surface area contributed by atoms with Crippen LogP contribution in [0.5, 0.6) is 0 Å². The summed E-state index contributed by atoms with van der Waals surface area (Å²) in [5.74, 6) is -0.252. The fraction of sp³-hybridized carbons (Fsp3) is 0.375. The fourth-order valence-corrected chi connectivity index (χ4v) is 11.2. The van der Waals surface area contributed by atoms with E-state index in [2.05, 4.69) is 96.9 Å². The van der Waals surface area contributed by atoms with Gasteiger partial charge in [0.1, 0.15) is 5.69 Å². The van der Waals surface area contributed by atoms with Gasteiger partial charge in [0.05, 0.1) is 11.8 Å². The molecule has 3 N–H and O–H groups in total. The Bertz CT molecular complexity index is 1960. The minimum Gasteiger partial charge on any atom is -0.404 e. The van der Waals surface area contributed by atoms with Crippen molar-refractivity contribution in [1.29, 1.82) is 0 Å². The monoisotopic (exact) mass is 738 g/mol. The molecule has 3 aromatic carbocycles. The summed E-state index contributed by atoms with van der Waals surface area (Å²) < 4.78 is 7.33. The number of amides is 2. The summed E-state index contributed by atoms with van der Waals surface area (Å²) in [6, 6.07) is 27.8. The van der Waals surface area contributed by atoms with Crippen molar-refractivity contribution in [3.05, 3.63) is 111 Å². The molecule has 2 aliphatic rings. The van der Waals surface area contributed by atoms with Gasteiger partial charge < -0.3 is 24.9 Å². The largest absolute Gasteiger partial charge is 0.404 e. The number of likely N-dealkylation sites (N-methyl/N-ethyl adjacent to an activating group) is 1. The zero-order valence-electron chi connectivity index (χ0n) is 29.5. The van der Waals surface area contributed by atoms with Gasteiger partial charge in [0, 0.05) is 52.4 Å². The Morgan fingerprint density at radius 3 is 2.33 bits per heavy atom. The van der Waals surface area contributed by atoms with Crippen LogP contribution in [0.4, 0.5) is 0 Å². The average molecular weight is 739 g/mol. The summed E-state index contributed by atoms with van der Waals surface area (Å²) in [4.78, 5) is 39.1. The van der Waals surface area contributed by atoms with Crippen LogP contribution in [0.3, 0.4) is 0 Å². The van der Waals surface area contributed by atoms with Crippen LogP contribution < -0.4 is 21.0 Å². The first-order valence-corrected chi connectivity index (χ1v) is 20.3. The lowest BCUT2D eigenvalue weighted by molar-refractivity contribution is 0.00933. The van der Waals surface area contributed by atoms with Crippen molar-refractivity contribution in [2.45, 2.75) is 71.2 Å². The smallest absolute Gasteiger partial charge is 0.283 e. The molecule has 3 heterocycles. The zero-order chi connectivity index (χ0) is 35.7. The summed E-state index contributed by atoms with van der Waals surface area (Å²) in [6.07, 6.45) is 2.95. The van der Waals surface area contributed by atoms with Gasteiger partial charge in [-0.2, -0.15) is 0 Å². The zero-order valence-corrected chi connectivity index (χ0v) is 32.1. The Balaban J connectivity index is 1.16. The van der Waals surface area contributed by atoms with Crippen molar-refractivity contribution in [1.82, 2.24) is 25.5 Å². The molecule has 51 heavy (non-hydrogen) atoms. The summed E-state index contributed by atoms with van der Waals surface area (Å²) in [5, 5.41) is 11.0. The summed E-state index contributed by atoms with van der Waals surface area (Å²) in [5.41, 5.74) is 2.15. The molecule has 11 heteroatoms. The van der Waals surface area contributed by atoms with E-state index in [0.29, 0.717) is 28.6 Å². The minimum atomic E-state index is -1.58. The van der Waals surface area contributed by atoms with Crippen molar-refractivity contribution >= 4 is 65.1 Å². The number of benzene rings is 3. The van der Waals surface area contributed by atoms with Crippen LogP contribution in [0.1, 0.15) is 70.9 Å². The molecule has 0 spiro atoms. The van der Waals surface area contributed by atoms with Crippen molar-refractivity contribution in [2.75, 3.05) is 13.6 Å². The highest BCUT2D eigenvalue weighted by Gasteiger charge is 2.42. The summed E-state index contributed by atoms with van der Waals surface area (Å²) >= 11 is 7.70. The van der Waals surface area contributed by atoms with Crippen LogP contribution in [0.25, 0.3) is 10.9 Å². The number of rotatable bonds is 9. The van der Waals surface area contributed by atoms with E-state index in [4.69, 9.17) is 21.0 Å². The predicted octanol–water partition coefficient (Wildman–Crippen LogP) is 6.20. The van der Waals surface area contributed by atoms with Gasteiger partial charge in [0.2, 0.25) is 0 Å². The number of aromatic nitrogens is 2. The molecule has 4 atom stereocenters. The summed E-state index contributed by atoms with van der Waals surface area (Å²) in [6.45, 7) is 8.47. The third kappa shape index (κ3) is 8.15. The van der Waals surface area contributed by atoms with Gasteiger partial charge in [-0.1, -0.05) is 93.0 Å². The maximum Gasteiger partial charge on any atom is 0.283 e. The number of hydrogen-bond acceptors (Lipinski definition) is 6. The number of fused-ring (bicyclic) bond motifs is 2. The molecule has 2 amide bonds. The molecular formula is C40H45ClN5O3SSi. The van der Waals surface area contributed by atoms with E-state index in [1.165, 1.54) is 21.7 Å². The third-order valence-electron chi connectivity index (χ3n) is 10.1. The molecule has 8 nitrogen and oxygen atoms in total.